The van der Waals surface area contributed by atoms with Crippen molar-refractivity contribution in [3.63, 3.8) is 0 Å². The molecule has 1 amide bonds. The summed E-state index contributed by atoms with van der Waals surface area (Å²) in [6.45, 7) is 4.95. The van der Waals surface area contributed by atoms with Crippen molar-refractivity contribution in [3.8, 4) is 0 Å². The number of nitrogens with one attached hydrogen (secondary N) is 1. The molecule has 2 atom stereocenters. The van der Waals surface area contributed by atoms with Crippen molar-refractivity contribution < 1.29 is 23.9 Å². The zero-order valence-electron chi connectivity index (χ0n) is 10.8. The summed E-state index contributed by atoms with van der Waals surface area (Å²) in [4.78, 5) is 34.2. The van der Waals surface area contributed by atoms with Gasteiger partial charge in [0.15, 0.2) is 0 Å². The standard InChI is InChI=1S/C11H19NO5/c1-6(2)8(11(15)17-5)12-9(13)7(3)10(14)16-4/h6-8H,1-5H3,(H,12,13)/t7?,8-/m0/s1. The molecule has 1 N–H and O–H groups in total. The molecule has 1 unspecified atom stereocenters. The van der Waals surface area contributed by atoms with Gasteiger partial charge in [-0.15, -0.1) is 0 Å². The second-order valence-corrected chi connectivity index (χ2v) is 4.00. The van der Waals surface area contributed by atoms with Crippen LogP contribution in [0.3, 0.4) is 0 Å². The average Bonchev–Trinajstić information content (AvgIpc) is 2.32. The van der Waals surface area contributed by atoms with Crippen LogP contribution in [0.25, 0.3) is 0 Å². The molecule has 0 aliphatic carbocycles. The highest BCUT2D eigenvalue weighted by molar-refractivity contribution is 5.98. The number of hydrogen-bond donors (Lipinski definition) is 1. The van der Waals surface area contributed by atoms with Gasteiger partial charge in [-0.05, 0) is 12.8 Å². The summed E-state index contributed by atoms with van der Waals surface area (Å²) in [5.41, 5.74) is 0. The summed E-state index contributed by atoms with van der Waals surface area (Å²) in [5, 5.41) is 2.47. The van der Waals surface area contributed by atoms with Crippen LogP contribution >= 0.6 is 0 Å². The smallest absolute Gasteiger partial charge is 0.328 e. The van der Waals surface area contributed by atoms with Gasteiger partial charge < -0.3 is 14.8 Å². The lowest BCUT2D eigenvalue weighted by atomic mass is 10.0. The van der Waals surface area contributed by atoms with E-state index < -0.39 is 29.8 Å². The maximum absolute atomic E-state index is 11.7. The van der Waals surface area contributed by atoms with E-state index in [1.807, 2.05) is 0 Å². The molecule has 6 heteroatoms. The molecule has 0 spiro atoms. The first-order valence-corrected chi connectivity index (χ1v) is 5.31. The van der Waals surface area contributed by atoms with Gasteiger partial charge in [-0.2, -0.15) is 0 Å². The number of amides is 1. The van der Waals surface area contributed by atoms with E-state index in [0.717, 1.165) is 0 Å². The van der Waals surface area contributed by atoms with E-state index in [4.69, 9.17) is 0 Å². The molecule has 0 aromatic rings. The number of hydrogen-bond acceptors (Lipinski definition) is 5. The quantitative estimate of drug-likeness (QED) is 0.549. The second-order valence-electron chi connectivity index (χ2n) is 4.00. The van der Waals surface area contributed by atoms with Gasteiger partial charge in [0, 0.05) is 0 Å². The van der Waals surface area contributed by atoms with Crippen LogP contribution in [0.15, 0.2) is 0 Å². The zero-order valence-corrected chi connectivity index (χ0v) is 10.8. The Kier molecular flexibility index (Phi) is 6.23. The third-order valence-electron chi connectivity index (χ3n) is 2.37. The summed E-state index contributed by atoms with van der Waals surface area (Å²) < 4.78 is 9.02. The molecule has 98 valence electrons. The third kappa shape index (κ3) is 4.42. The number of carbonyl (C=O) groups excluding carboxylic acids is 3. The fourth-order valence-electron chi connectivity index (χ4n) is 1.19. The zero-order chi connectivity index (χ0) is 13.6. The highest BCUT2D eigenvalue weighted by atomic mass is 16.5. The molecule has 0 bridgehead atoms. The molecule has 6 nitrogen and oxygen atoms in total. The minimum Gasteiger partial charge on any atom is -0.468 e. The number of rotatable bonds is 5. The lowest BCUT2D eigenvalue weighted by Gasteiger charge is -2.21. The van der Waals surface area contributed by atoms with Crippen molar-refractivity contribution >= 4 is 17.8 Å². The Balaban J connectivity index is 4.62. The molecule has 0 rings (SSSR count). The fourth-order valence-corrected chi connectivity index (χ4v) is 1.19. The summed E-state index contributed by atoms with van der Waals surface area (Å²) >= 11 is 0. The lowest BCUT2D eigenvalue weighted by Crippen LogP contribution is -2.48. The van der Waals surface area contributed by atoms with Crippen LogP contribution in [0.1, 0.15) is 20.8 Å². The minimum atomic E-state index is -0.953. The van der Waals surface area contributed by atoms with Crippen molar-refractivity contribution in [2.45, 2.75) is 26.8 Å². The molecule has 0 aliphatic heterocycles. The van der Waals surface area contributed by atoms with Gasteiger partial charge in [-0.25, -0.2) is 4.79 Å². The van der Waals surface area contributed by atoms with E-state index in [9.17, 15) is 14.4 Å². The minimum absolute atomic E-state index is 0.128. The predicted octanol–water partition coefficient (Wildman–Crippen LogP) is 0.109. The summed E-state index contributed by atoms with van der Waals surface area (Å²) in [6, 6.07) is -0.764. The van der Waals surface area contributed by atoms with Crippen molar-refractivity contribution in [1.29, 1.82) is 0 Å². The Bertz CT molecular complexity index is 300. The number of ether oxygens (including phenoxy) is 2. The van der Waals surface area contributed by atoms with Gasteiger partial charge in [-0.3, -0.25) is 9.59 Å². The molecular formula is C11H19NO5. The van der Waals surface area contributed by atoms with Gasteiger partial charge >= 0.3 is 11.9 Å². The highest BCUT2D eigenvalue weighted by Gasteiger charge is 2.29. The van der Waals surface area contributed by atoms with Crippen LogP contribution < -0.4 is 5.32 Å². The molecule has 0 radical (unpaired) electrons. The Morgan fingerprint density at radius 1 is 0.941 bits per heavy atom. The monoisotopic (exact) mass is 245 g/mol. The third-order valence-corrected chi connectivity index (χ3v) is 2.37. The lowest BCUT2D eigenvalue weighted by molar-refractivity contribution is -0.152. The maximum atomic E-state index is 11.7. The molecule has 0 aromatic carbocycles. The second kappa shape index (κ2) is 6.88. The van der Waals surface area contributed by atoms with Crippen LogP contribution in [0.4, 0.5) is 0 Å². The summed E-state index contributed by atoms with van der Waals surface area (Å²) in [5.74, 6) is -2.82. The molecule has 0 heterocycles. The molecule has 17 heavy (non-hydrogen) atoms. The Morgan fingerprint density at radius 3 is 1.76 bits per heavy atom. The number of carbonyl (C=O) groups is 3. The maximum Gasteiger partial charge on any atom is 0.328 e. The van der Waals surface area contributed by atoms with Crippen molar-refractivity contribution in [1.82, 2.24) is 5.32 Å². The van der Waals surface area contributed by atoms with E-state index in [2.05, 4.69) is 14.8 Å². The van der Waals surface area contributed by atoms with Crippen LogP contribution in [-0.4, -0.2) is 38.1 Å². The SMILES string of the molecule is COC(=O)C(C)C(=O)N[C@H](C(=O)OC)C(C)C. The Labute approximate surface area is 101 Å². The molecule has 0 saturated carbocycles. The van der Waals surface area contributed by atoms with Gasteiger partial charge in [0.25, 0.3) is 0 Å². The molecule has 0 aromatic heterocycles. The number of methoxy groups -OCH3 is 2. The van der Waals surface area contributed by atoms with Crippen molar-refractivity contribution in [3.05, 3.63) is 0 Å². The van der Waals surface area contributed by atoms with Crippen LogP contribution in [-0.2, 0) is 23.9 Å². The summed E-state index contributed by atoms with van der Waals surface area (Å²) in [7, 11) is 2.44. The van der Waals surface area contributed by atoms with E-state index >= 15 is 0 Å². The Hall–Kier alpha value is -1.59. The topological polar surface area (TPSA) is 81.7 Å². The van der Waals surface area contributed by atoms with Crippen LogP contribution in [0.2, 0.25) is 0 Å². The van der Waals surface area contributed by atoms with Crippen molar-refractivity contribution in [2.75, 3.05) is 14.2 Å². The van der Waals surface area contributed by atoms with Crippen molar-refractivity contribution in [2.24, 2.45) is 11.8 Å². The van der Waals surface area contributed by atoms with E-state index in [1.165, 1.54) is 21.1 Å². The average molecular weight is 245 g/mol. The number of esters is 2. The highest BCUT2D eigenvalue weighted by Crippen LogP contribution is 2.06. The first-order valence-electron chi connectivity index (χ1n) is 5.31. The molecular weight excluding hydrogens is 226 g/mol. The Morgan fingerprint density at radius 2 is 1.41 bits per heavy atom. The van der Waals surface area contributed by atoms with Gasteiger partial charge in [0.2, 0.25) is 5.91 Å². The summed E-state index contributed by atoms with van der Waals surface area (Å²) in [6.07, 6.45) is 0. The van der Waals surface area contributed by atoms with Crippen LogP contribution in [0.5, 0.6) is 0 Å². The molecule has 0 saturated heterocycles. The van der Waals surface area contributed by atoms with E-state index in [1.54, 1.807) is 13.8 Å². The first kappa shape index (κ1) is 15.4. The van der Waals surface area contributed by atoms with Gasteiger partial charge in [-0.1, -0.05) is 13.8 Å². The van der Waals surface area contributed by atoms with Gasteiger partial charge in [0.1, 0.15) is 12.0 Å². The first-order chi connectivity index (χ1) is 7.84. The van der Waals surface area contributed by atoms with E-state index in [0.29, 0.717) is 0 Å². The van der Waals surface area contributed by atoms with Crippen LogP contribution in [0, 0.1) is 11.8 Å². The predicted molar refractivity (Wildman–Crippen MR) is 60.0 cm³/mol. The fraction of sp³-hybridized carbons (Fsp3) is 0.727. The molecule has 0 aliphatic rings. The largest absolute Gasteiger partial charge is 0.468 e. The molecule has 0 fully saturated rings. The van der Waals surface area contributed by atoms with E-state index in [-0.39, 0.29) is 5.92 Å². The van der Waals surface area contributed by atoms with Gasteiger partial charge in [0.05, 0.1) is 14.2 Å². The normalized spacial score (nSPS) is 13.8.